The van der Waals surface area contributed by atoms with Crippen LogP contribution in [0.25, 0.3) is 33.1 Å². The SMILES string of the molecule is COc1cccc(CNC(=S)NN)c1.NNC(=S)NCc1cccc(F)c1.NNC(=S)NCc1cccnc1.O=C(O)c1c[nH]c2ncc(Br)cc12.O=C(O)c1c[nH]c2ncccc12.O=C(O)c1c[nH]c2ncccc12. The van der Waals surface area contributed by atoms with Gasteiger partial charge in [0.25, 0.3) is 0 Å². The van der Waals surface area contributed by atoms with E-state index < -0.39 is 17.9 Å². The van der Waals surface area contributed by atoms with Crippen LogP contribution in [0.1, 0.15) is 47.8 Å². The Hall–Kier alpha value is -8.77. The van der Waals surface area contributed by atoms with E-state index in [1.54, 1.807) is 80.6 Å². The lowest BCUT2D eigenvalue weighted by atomic mass is 10.2. The Morgan fingerprint density at radius 3 is 1.46 bits per heavy atom. The third-order valence-corrected chi connectivity index (χ3v) is 10.8. The second kappa shape index (κ2) is 31.7. The van der Waals surface area contributed by atoms with Crippen molar-refractivity contribution in [1.29, 1.82) is 0 Å². The van der Waals surface area contributed by atoms with Gasteiger partial charge in [-0.25, -0.2) is 51.3 Å². The number of pyridine rings is 4. The number of hydrogen-bond acceptors (Lipinski definition) is 14. The standard InChI is InChI=1S/C9H13N3OS.C8H5BrN2O2.C8H10FN3S.2C8H6N2O2.C7H10N4S/c1-13-8-4-2-3-7(5-8)6-11-9(14)12-10;9-4-1-5-6(8(12)13)3-11-7(5)10-2-4;9-7-3-1-2-6(4-7)5-11-8(13)12-10;2*11-8(12)6-4-10-7-5(6)2-1-3-9-7;8-11-7(12)10-5-6-2-1-3-9-4-6/h2-5H,6,10H2,1H3,(H2,11,12,14);1-3H,(H,10,11)(H,12,13);1-4H,5,10H2,(H2,11,12,13);2*1-4H,(H,9,10)(H,11,12);1-4H,5,8H2,(H2,10,11,12). The Bertz CT molecular complexity index is 3270. The molecule has 0 saturated heterocycles. The highest BCUT2D eigenvalue weighted by Crippen LogP contribution is 2.21. The molecular weight excluding hydrogens is 1110 g/mol. The lowest BCUT2D eigenvalue weighted by Gasteiger charge is -2.07. The second-order valence-corrected chi connectivity index (χ2v) is 16.8. The third kappa shape index (κ3) is 19.9. The molecule has 0 bridgehead atoms. The van der Waals surface area contributed by atoms with E-state index >= 15 is 0 Å². The number of hydrazine groups is 3. The predicted molar refractivity (Wildman–Crippen MR) is 301 cm³/mol. The number of ether oxygens (including phenoxy) is 1. The van der Waals surface area contributed by atoms with Crippen LogP contribution < -0.4 is 54.5 Å². The average molecular weight is 1160 g/mol. The van der Waals surface area contributed by atoms with Crippen molar-refractivity contribution in [1.82, 2.24) is 67.1 Å². The molecule has 18 N–H and O–H groups in total. The van der Waals surface area contributed by atoms with Crippen molar-refractivity contribution < 1.29 is 38.8 Å². The number of H-pyrrole nitrogens is 3. The summed E-state index contributed by atoms with van der Waals surface area (Å²) in [5.74, 6) is 13.0. The van der Waals surface area contributed by atoms with E-state index in [-0.39, 0.29) is 22.5 Å². The Morgan fingerprint density at radius 1 is 0.579 bits per heavy atom. The summed E-state index contributed by atoms with van der Waals surface area (Å²) < 4.78 is 18.5. The number of rotatable bonds is 10. The zero-order valence-electron chi connectivity index (χ0n) is 39.9. The van der Waals surface area contributed by atoms with Gasteiger partial charge in [-0.15, -0.1) is 0 Å². The summed E-state index contributed by atoms with van der Waals surface area (Å²) >= 11 is 17.6. The number of carbonyl (C=O) groups is 3. The van der Waals surface area contributed by atoms with Crippen molar-refractivity contribution in [3.63, 3.8) is 0 Å². The van der Waals surface area contributed by atoms with Gasteiger partial charge in [0.05, 0.1) is 23.8 Å². The van der Waals surface area contributed by atoms with Gasteiger partial charge in [0.1, 0.15) is 28.5 Å². The van der Waals surface area contributed by atoms with E-state index in [2.05, 4.69) is 83.0 Å². The number of fused-ring (bicyclic) bond motifs is 3. The van der Waals surface area contributed by atoms with E-state index in [0.717, 1.165) is 26.9 Å². The first-order valence-electron chi connectivity index (χ1n) is 21.7. The van der Waals surface area contributed by atoms with Crippen LogP contribution in [0.5, 0.6) is 5.75 Å². The Morgan fingerprint density at radius 2 is 1.01 bits per heavy atom. The maximum absolute atomic E-state index is 12.7. The maximum Gasteiger partial charge on any atom is 0.337 e. The van der Waals surface area contributed by atoms with Crippen LogP contribution in [0.3, 0.4) is 0 Å². The second-order valence-electron chi connectivity index (χ2n) is 14.7. The smallest absolute Gasteiger partial charge is 0.337 e. The molecule has 0 fully saturated rings. The van der Waals surface area contributed by atoms with Crippen molar-refractivity contribution in [2.24, 2.45) is 17.5 Å². The highest BCUT2D eigenvalue weighted by Gasteiger charge is 2.12. The molecule has 0 aliphatic heterocycles. The number of hydrogen-bond donors (Lipinski definition) is 15. The van der Waals surface area contributed by atoms with Crippen molar-refractivity contribution >= 4 is 119 Å². The first-order chi connectivity index (χ1) is 36.6. The topological polar surface area (TPSA) is 370 Å². The molecule has 7 aromatic heterocycles. The van der Waals surface area contributed by atoms with Crippen molar-refractivity contribution in [2.45, 2.75) is 19.6 Å². The number of aromatic amines is 3. The fourth-order valence-corrected chi connectivity index (χ4v) is 6.60. The minimum Gasteiger partial charge on any atom is -0.497 e. The summed E-state index contributed by atoms with van der Waals surface area (Å²) in [5.41, 5.74) is 12.5. The molecule has 76 heavy (non-hydrogen) atoms. The van der Waals surface area contributed by atoms with Crippen LogP contribution in [-0.4, -0.2) is 90.6 Å². The maximum atomic E-state index is 12.7. The van der Waals surface area contributed by atoms with Gasteiger partial charge in [-0.1, -0.05) is 30.3 Å². The van der Waals surface area contributed by atoms with Gasteiger partial charge in [-0.3, -0.25) is 4.98 Å². The number of halogens is 2. The molecule has 7 heterocycles. The highest BCUT2D eigenvalue weighted by atomic mass is 79.9. The number of nitrogens with two attached hydrogens (primary N) is 3. The van der Waals surface area contributed by atoms with E-state index in [0.29, 0.717) is 68.1 Å². The molecular formula is C48H50BrFN16O7S3. The number of carboxylic acids is 3. The number of aromatic carboxylic acids is 3. The zero-order valence-corrected chi connectivity index (χ0v) is 43.9. The number of benzene rings is 2. The lowest BCUT2D eigenvalue weighted by molar-refractivity contribution is 0.0688. The van der Waals surface area contributed by atoms with Crippen LogP contribution >= 0.6 is 52.6 Å². The third-order valence-electron chi connectivity index (χ3n) is 9.59. The molecule has 9 rings (SSSR count). The summed E-state index contributed by atoms with van der Waals surface area (Å²) in [5, 5.41) is 38.0. The molecule has 0 aliphatic rings. The molecule has 0 amide bonds. The average Bonchev–Trinajstić information content (AvgIpc) is 4.20. The van der Waals surface area contributed by atoms with Crippen LogP contribution in [0, 0.1) is 5.82 Å². The Kier molecular flexibility index (Phi) is 25.0. The number of carboxylic acid groups (broad SMARTS) is 3. The molecule has 0 aliphatic carbocycles. The molecule has 0 saturated carbocycles. The Labute approximate surface area is 456 Å². The van der Waals surface area contributed by atoms with Crippen molar-refractivity contribution in [3.8, 4) is 5.75 Å². The number of nitrogens with zero attached hydrogens (tertiary/aromatic N) is 4. The van der Waals surface area contributed by atoms with Crippen molar-refractivity contribution in [2.75, 3.05) is 7.11 Å². The van der Waals surface area contributed by atoms with Gasteiger partial charge in [0.2, 0.25) is 0 Å². The largest absolute Gasteiger partial charge is 0.497 e. The van der Waals surface area contributed by atoms with Gasteiger partial charge in [0, 0.05) is 89.8 Å². The molecule has 0 atom stereocenters. The first-order valence-corrected chi connectivity index (χ1v) is 23.7. The summed E-state index contributed by atoms with van der Waals surface area (Å²) in [6.45, 7) is 1.72. The molecule has 9 aromatic rings. The van der Waals surface area contributed by atoms with Crippen LogP contribution in [0.2, 0.25) is 0 Å². The van der Waals surface area contributed by atoms with Gasteiger partial charge in [0.15, 0.2) is 15.3 Å². The van der Waals surface area contributed by atoms with E-state index in [4.69, 9.17) is 74.2 Å². The van der Waals surface area contributed by atoms with E-state index in [1.165, 1.54) is 30.7 Å². The molecule has 0 spiro atoms. The predicted octanol–water partition coefficient (Wildman–Crippen LogP) is 5.66. The van der Waals surface area contributed by atoms with Crippen LogP contribution in [0.15, 0.2) is 145 Å². The summed E-state index contributed by atoms with van der Waals surface area (Å²) in [6, 6.07) is 26.4. The molecule has 2 aromatic carbocycles. The summed E-state index contributed by atoms with van der Waals surface area (Å²) in [4.78, 5) is 56.2. The lowest BCUT2D eigenvalue weighted by Crippen LogP contribution is -2.39. The fourth-order valence-electron chi connectivity index (χ4n) is 6.05. The molecule has 0 radical (unpaired) electrons. The minimum absolute atomic E-state index is 0.240. The minimum atomic E-state index is -0.953. The number of aromatic nitrogens is 7. The van der Waals surface area contributed by atoms with Crippen LogP contribution in [-0.2, 0) is 19.6 Å². The van der Waals surface area contributed by atoms with Gasteiger partial charge < -0.3 is 67.2 Å². The summed E-state index contributed by atoms with van der Waals surface area (Å²) in [7, 11) is 1.64. The highest BCUT2D eigenvalue weighted by molar-refractivity contribution is 9.10. The number of methoxy groups -OCH3 is 1. The fraction of sp³-hybridized carbons (Fsp3) is 0.0833. The number of thiocarbonyl (C=S) groups is 3. The van der Waals surface area contributed by atoms with Crippen molar-refractivity contribution in [3.05, 3.63) is 184 Å². The quantitative estimate of drug-likeness (QED) is 0.0446. The van der Waals surface area contributed by atoms with Gasteiger partial charge >= 0.3 is 17.9 Å². The van der Waals surface area contributed by atoms with E-state index in [1.807, 2.05) is 36.4 Å². The molecule has 28 heteroatoms. The zero-order chi connectivity index (χ0) is 55.4. The summed E-state index contributed by atoms with van der Waals surface area (Å²) in [6.07, 6.45) is 12.7. The van der Waals surface area contributed by atoms with Gasteiger partial charge in [-0.05, 0) is 130 Å². The normalized spacial score (nSPS) is 9.82. The number of nitrogens with one attached hydrogen (secondary N) is 9. The monoisotopic (exact) mass is 1160 g/mol. The first kappa shape index (κ1) is 59.8. The molecule has 0 unspecified atom stereocenters. The molecule has 23 nitrogen and oxygen atoms in total. The Balaban J connectivity index is 0.000000197. The van der Waals surface area contributed by atoms with E-state index in [9.17, 15) is 18.8 Å². The van der Waals surface area contributed by atoms with Gasteiger partial charge in [-0.2, -0.15) is 0 Å². The van der Waals surface area contributed by atoms with Crippen LogP contribution in [0.4, 0.5) is 4.39 Å². The molecule has 396 valence electrons.